The Morgan fingerprint density at radius 3 is 2.00 bits per heavy atom. The molecular weight excluding hydrogens is 203 g/mol. The van der Waals surface area contributed by atoms with Gasteiger partial charge in [0.25, 0.3) is 0 Å². The molecule has 0 aromatic rings. The Morgan fingerprint density at radius 2 is 1.91 bits per heavy atom. The molecule has 1 aliphatic rings. The van der Waals surface area contributed by atoms with Crippen molar-refractivity contribution in [2.45, 2.75) is 12.8 Å². The summed E-state index contributed by atoms with van der Waals surface area (Å²) >= 11 is 0. The van der Waals surface area contributed by atoms with Gasteiger partial charge in [-0.2, -0.15) is 0 Å². The van der Waals surface area contributed by atoms with Crippen LogP contribution in [0.25, 0.3) is 0 Å². The van der Waals surface area contributed by atoms with Gasteiger partial charge in [0.05, 0.1) is 0 Å². The van der Waals surface area contributed by atoms with Crippen LogP contribution in [0.5, 0.6) is 0 Å². The molecule has 0 aromatic carbocycles. The van der Waals surface area contributed by atoms with Gasteiger partial charge in [-0.25, -0.2) is 4.79 Å². The molecule has 6 heteroatoms. The van der Waals surface area contributed by atoms with Crippen LogP contribution in [0.4, 0.5) is 4.79 Å². The molecule has 0 bridgehead atoms. The summed E-state index contributed by atoms with van der Waals surface area (Å²) in [5.74, 6) is 0.204. The number of nitrogens with one attached hydrogen (secondary N) is 1. The van der Waals surface area contributed by atoms with E-state index in [4.69, 9.17) is 15.0 Å². The second kappa shape index (κ2) is 7.47. The van der Waals surface area contributed by atoms with Gasteiger partial charge in [0.15, 0.2) is 0 Å². The molecule has 3 N–H and O–H groups in total. The number of hydrogen-bond acceptors (Lipinski definition) is 2. The molecule has 0 spiro atoms. The van der Waals surface area contributed by atoms with Gasteiger partial charge in [-0.15, -0.1) is 0 Å². The van der Waals surface area contributed by atoms with E-state index < -0.39 is 6.16 Å². The second-order valence-corrected chi connectivity index (χ2v) is 1.74. The molecule has 0 aliphatic carbocycles. The minimum Gasteiger partial charge on any atom is -0.450 e. The van der Waals surface area contributed by atoms with Crippen LogP contribution in [0.15, 0.2) is 0 Å². The molecule has 5 nitrogen and oxygen atoms in total. The molecule has 1 saturated heterocycles. The normalized spacial score (nSPS) is 13.6. The Kier molecular flexibility index (Phi) is 8.82. The first kappa shape index (κ1) is 13.0. The van der Waals surface area contributed by atoms with Gasteiger partial charge in [0.1, 0.15) is 0 Å². The van der Waals surface area contributed by atoms with Crippen LogP contribution in [0.2, 0.25) is 0 Å². The van der Waals surface area contributed by atoms with Gasteiger partial charge in [-0.1, -0.05) is 0 Å². The standard InChI is InChI=1S/C4H7NO.CH2O3.Zn/c6-4-2-1-3-5-4;2-1(3)4;/h1-3H2,(H,5,6);(H2,2,3,4);. The summed E-state index contributed by atoms with van der Waals surface area (Å²) in [5.41, 5.74) is 0. The minimum absolute atomic E-state index is 0. The third-order valence-corrected chi connectivity index (χ3v) is 0.903. The maximum Gasteiger partial charge on any atom is 0.503 e. The Hall–Kier alpha value is -0.637. The fourth-order valence-electron chi connectivity index (χ4n) is 0.565. The SMILES string of the molecule is O=C(O)O.O=C1CCCN1.[Zn]. The summed E-state index contributed by atoms with van der Waals surface area (Å²) in [6.07, 6.45) is -0.0706. The van der Waals surface area contributed by atoms with E-state index >= 15 is 0 Å². The molecule has 1 aliphatic heterocycles. The summed E-state index contributed by atoms with van der Waals surface area (Å²) in [6.45, 7) is 0.888. The van der Waals surface area contributed by atoms with Crippen molar-refractivity contribution in [1.29, 1.82) is 0 Å². The first-order chi connectivity index (χ1) is 4.63. The molecule has 0 aromatic heterocycles. The van der Waals surface area contributed by atoms with Crippen molar-refractivity contribution in [3.05, 3.63) is 0 Å². The fraction of sp³-hybridized carbons (Fsp3) is 0.600. The van der Waals surface area contributed by atoms with Crippen molar-refractivity contribution >= 4 is 12.1 Å². The molecular formula is C5H9NO4Zn. The van der Waals surface area contributed by atoms with Gasteiger partial charge in [0, 0.05) is 32.4 Å². The molecule has 0 unspecified atom stereocenters. The molecule has 0 saturated carbocycles. The fourth-order valence-corrected chi connectivity index (χ4v) is 0.565. The second-order valence-electron chi connectivity index (χ2n) is 1.74. The molecule has 1 amide bonds. The summed E-state index contributed by atoms with van der Waals surface area (Å²) in [6, 6.07) is 0. The maximum absolute atomic E-state index is 10.1. The monoisotopic (exact) mass is 211 g/mol. The van der Waals surface area contributed by atoms with Crippen LogP contribution in [0.3, 0.4) is 0 Å². The zero-order valence-corrected chi connectivity index (χ0v) is 9.01. The topological polar surface area (TPSA) is 86.6 Å². The molecule has 1 fully saturated rings. The Morgan fingerprint density at radius 1 is 1.45 bits per heavy atom. The van der Waals surface area contributed by atoms with E-state index in [0.29, 0.717) is 0 Å². The van der Waals surface area contributed by atoms with E-state index in [1.807, 2.05) is 0 Å². The first-order valence-electron chi connectivity index (χ1n) is 2.81. The van der Waals surface area contributed by atoms with E-state index in [9.17, 15) is 4.79 Å². The maximum atomic E-state index is 10.1. The number of amides is 1. The van der Waals surface area contributed by atoms with E-state index in [1.165, 1.54) is 0 Å². The molecule has 1 heterocycles. The van der Waals surface area contributed by atoms with Crippen molar-refractivity contribution in [3.63, 3.8) is 0 Å². The predicted octanol–water partition coefficient (Wildman–Crippen LogP) is 0.116. The van der Waals surface area contributed by atoms with Gasteiger partial charge in [-0.05, 0) is 6.42 Å². The minimum atomic E-state index is -1.83. The number of carboxylic acid groups (broad SMARTS) is 2. The van der Waals surface area contributed by atoms with Gasteiger partial charge >= 0.3 is 6.16 Å². The molecule has 0 radical (unpaired) electrons. The molecule has 11 heavy (non-hydrogen) atoms. The van der Waals surface area contributed by atoms with E-state index in [1.54, 1.807) is 0 Å². The van der Waals surface area contributed by atoms with Crippen LogP contribution in [0, 0.1) is 0 Å². The molecule has 60 valence electrons. The van der Waals surface area contributed by atoms with Crippen molar-refractivity contribution in [3.8, 4) is 0 Å². The van der Waals surface area contributed by atoms with Crippen molar-refractivity contribution in [2.75, 3.05) is 6.54 Å². The van der Waals surface area contributed by atoms with Crippen LogP contribution in [-0.2, 0) is 24.3 Å². The molecule has 1 rings (SSSR count). The largest absolute Gasteiger partial charge is 0.503 e. The smallest absolute Gasteiger partial charge is 0.450 e. The third-order valence-electron chi connectivity index (χ3n) is 0.903. The van der Waals surface area contributed by atoms with Crippen molar-refractivity contribution in [2.24, 2.45) is 0 Å². The van der Waals surface area contributed by atoms with Crippen molar-refractivity contribution in [1.82, 2.24) is 5.32 Å². The number of carbonyl (C=O) groups excluding carboxylic acids is 1. The number of rotatable bonds is 0. The van der Waals surface area contributed by atoms with E-state index in [0.717, 1.165) is 19.4 Å². The average molecular weight is 213 g/mol. The van der Waals surface area contributed by atoms with E-state index in [-0.39, 0.29) is 25.4 Å². The van der Waals surface area contributed by atoms with Crippen LogP contribution < -0.4 is 5.32 Å². The summed E-state index contributed by atoms with van der Waals surface area (Å²) < 4.78 is 0. The quantitative estimate of drug-likeness (QED) is 0.498. The zero-order valence-electron chi connectivity index (χ0n) is 6.04. The van der Waals surface area contributed by atoms with Gasteiger partial charge < -0.3 is 15.5 Å². The Labute approximate surface area is 76.5 Å². The average Bonchev–Trinajstić information content (AvgIpc) is 2.15. The Bertz CT molecular complexity index is 126. The van der Waals surface area contributed by atoms with Crippen molar-refractivity contribution < 1.29 is 39.3 Å². The van der Waals surface area contributed by atoms with Crippen LogP contribution >= 0.6 is 0 Å². The predicted molar refractivity (Wildman–Crippen MR) is 32.9 cm³/mol. The summed E-state index contributed by atoms with van der Waals surface area (Å²) in [4.78, 5) is 18.7. The van der Waals surface area contributed by atoms with Crippen LogP contribution in [0.1, 0.15) is 12.8 Å². The van der Waals surface area contributed by atoms with Crippen LogP contribution in [-0.4, -0.2) is 28.8 Å². The number of hydrogen-bond donors (Lipinski definition) is 3. The van der Waals surface area contributed by atoms with E-state index in [2.05, 4.69) is 5.32 Å². The Balaban J connectivity index is 0. The number of carbonyl (C=O) groups is 2. The summed E-state index contributed by atoms with van der Waals surface area (Å²) in [5, 5.41) is 16.6. The third kappa shape index (κ3) is 12.5. The van der Waals surface area contributed by atoms with Gasteiger partial charge in [-0.3, -0.25) is 4.79 Å². The zero-order chi connectivity index (χ0) is 7.98. The summed E-state index contributed by atoms with van der Waals surface area (Å²) in [7, 11) is 0. The van der Waals surface area contributed by atoms with Gasteiger partial charge in [0.2, 0.25) is 5.91 Å². The molecule has 0 atom stereocenters. The first-order valence-corrected chi connectivity index (χ1v) is 2.81.